The number of fused-ring (bicyclic) bond motifs is 1. The van der Waals surface area contributed by atoms with E-state index in [0.717, 1.165) is 34.6 Å². The van der Waals surface area contributed by atoms with Crippen molar-refractivity contribution in [3.63, 3.8) is 0 Å². The van der Waals surface area contributed by atoms with Crippen molar-refractivity contribution in [1.29, 1.82) is 0 Å². The van der Waals surface area contributed by atoms with Gasteiger partial charge in [0.15, 0.2) is 0 Å². The van der Waals surface area contributed by atoms with Gasteiger partial charge in [-0.25, -0.2) is 4.98 Å². The maximum absolute atomic E-state index is 4.53. The smallest absolute Gasteiger partial charge is 0.0976 e. The third-order valence-corrected chi connectivity index (χ3v) is 4.32. The van der Waals surface area contributed by atoms with E-state index in [1.54, 1.807) is 6.33 Å². The van der Waals surface area contributed by atoms with Crippen molar-refractivity contribution in [2.24, 2.45) is 0 Å². The van der Waals surface area contributed by atoms with Gasteiger partial charge in [-0.2, -0.15) is 0 Å². The largest absolute Gasteiger partial charge is 0.353 e. The summed E-state index contributed by atoms with van der Waals surface area (Å²) in [4.78, 5) is 11.3. The van der Waals surface area contributed by atoms with E-state index in [0.29, 0.717) is 0 Å². The van der Waals surface area contributed by atoms with Crippen molar-refractivity contribution < 1.29 is 0 Å². The van der Waals surface area contributed by atoms with E-state index in [2.05, 4.69) is 77.3 Å². The Hall–Kier alpha value is -2.81. The molecule has 0 fully saturated rings. The summed E-state index contributed by atoms with van der Waals surface area (Å²) in [5.74, 6) is 0. The fourth-order valence-corrected chi connectivity index (χ4v) is 2.99. The number of imidazole rings is 1. The molecule has 0 unspecified atom stereocenters. The highest BCUT2D eigenvalue weighted by atomic mass is 14.9. The lowest BCUT2D eigenvalue weighted by atomic mass is 10.1. The Labute approximate surface area is 135 Å². The standard InChI is InChI=1S/C20H19N3/c1-3-14-5-8-15(9-6-14)19-20(22-12-21-19)18-11-16-7-4-13(2)10-17(16)23-18/h4-12,23H,3H2,1-2H3,(H,21,22). The fourth-order valence-electron chi connectivity index (χ4n) is 2.99. The van der Waals surface area contributed by atoms with Crippen LogP contribution in [0, 0.1) is 6.92 Å². The molecule has 0 bridgehead atoms. The molecule has 0 atom stereocenters. The number of nitrogens with zero attached hydrogens (tertiary/aromatic N) is 1. The van der Waals surface area contributed by atoms with Crippen molar-refractivity contribution >= 4 is 10.9 Å². The monoisotopic (exact) mass is 301 g/mol. The molecule has 4 aromatic rings. The number of benzene rings is 2. The second kappa shape index (κ2) is 5.43. The number of aryl methyl sites for hydroxylation is 2. The molecule has 114 valence electrons. The molecular formula is C20H19N3. The number of hydrogen-bond donors (Lipinski definition) is 2. The van der Waals surface area contributed by atoms with Crippen LogP contribution in [0.3, 0.4) is 0 Å². The molecule has 0 spiro atoms. The summed E-state index contributed by atoms with van der Waals surface area (Å²) in [6, 6.07) is 17.3. The Morgan fingerprint density at radius 3 is 2.61 bits per heavy atom. The molecule has 3 heteroatoms. The van der Waals surface area contributed by atoms with Crippen molar-refractivity contribution in [2.75, 3.05) is 0 Å². The van der Waals surface area contributed by atoms with Crippen LogP contribution in [0.5, 0.6) is 0 Å². The number of hydrogen-bond acceptors (Lipinski definition) is 1. The van der Waals surface area contributed by atoms with Gasteiger partial charge in [-0.1, -0.05) is 43.3 Å². The Kier molecular flexibility index (Phi) is 3.27. The van der Waals surface area contributed by atoms with Gasteiger partial charge < -0.3 is 9.97 Å². The Morgan fingerprint density at radius 2 is 1.83 bits per heavy atom. The lowest BCUT2D eigenvalue weighted by Gasteiger charge is -2.03. The zero-order chi connectivity index (χ0) is 15.8. The molecule has 0 saturated carbocycles. The van der Waals surface area contributed by atoms with E-state index in [4.69, 9.17) is 0 Å². The summed E-state index contributed by atoms with van der Waals surface area (Å²) in [6.45, 7) is 4.28. The van der Waals surface area contributed by atoms with Crippen LogP contribution in [0.2, 0.25) is 0 Å². The predicted octanol–water partition coefficient (Wildman–Crippen LogP) is 5.10. The minimum atomic E-state index is 0.982. The molecule has 2 N–H and O–H groups in total. The van der Waals surface area contributed by atoms with Crippen molar-refractivity contribution in [1.82, 2.24) is 15.0 Å². The molecule has 0 amide bonds. The van der Waals surface area contributed by atoms with Crippen molar-refractivity contribution in [3.05, 3.63) is 66.0 Å². The summed E-state index contributed by atoms with van der Waals surface area (Å²) in [5, 5.41) is 1.22. The van der Waals surface area contributed by atoms with Gasteiger partial charge in [0.05, 0.1) is 23.4 Å². The van der Waals surface area contributed by atoms with E-state index in [1.165, 1.54) is 16.5 Å². The number of H-pyrrole nitrogens is 2. The number of aromatic amines is 2. The predicted molar refractivity (Wildman–Crippen MR) is 95.4 cm³/mol. The minimum Gasteiger partial charge on any atom is -0.353 e. The van der Waals surface area contributed by atoms with Gasteiger partial charge in [-0.3, -0.25) is 0 Å². The van der Waals surface area contributed by atoms with Crippen LogP contribution in [-0.2, 0) is 6.42 Å². The van der Waals surface area contributed by atoms with Crippen LogP contribution >= 0.6 is 0 Å². The number of rotatable bonds is 3. The van der Waals surface area contributed by atoms with Crippen LogP contribution < -0.4 is 0 Å². The second-order valence-corrected chi connectivity index (χ2v) is 5.95. The zero-order valence-corrected chi connectivity index (χ0v) is 13.4. The SMILES string of the molecule is CCc1ccc(-c2nc[nH]c2-c2cc3ccc(C)cc3[nH]2)cc1. The summed E-state index contributed by atoms with van der Waals surface area (Å²) in [7, 11) is 0. The highest BCUT2D eigenvalue weighted by molar-refractivity contribution is 5.88. The summed E-state index contributed by atoms with van der Waals surface area (Å²) < 4.78 is 0. The van der Waals surface area contributed by atoms with Crippen LogP contribution in [0.25, 0.3) is 33.5 Å². The molecule has 23 heavy (non-hydrogen) atoms. The summed E-state index contributed by atoms with van der Waals surface area (Å²) in [6.07, 6.45) is 2.81. The third kappa shape index (κ3) is 2.44. The topological polar surface area (TPSA) is 44.5 Å². The molecule has 0 radical (unpaired) electrons. The van der Waals surface area contributed by atoms with Gasteiger partial charge in [-0.15, -0.1) is 0 Å². The van der Waals surface area contributed by atoms with Crippen LogP contribution in [0.15, 0.2) is 54.9 Å². The van der Waals surface area contributed by atoms with Crippen molar-refractivity contribution in [2.45, 2.75) is 20.3 Å². The molecular weight excluding hydrogens is 282 g/mol. The molecule has 0 saturated heterocycles. The average Bonchev–Trinajstić information content (AvgIpc) is 3.20. The van der Waals surface area contributed by atoms with Gasteiger partial charge in [0, 0.05) is 16.5 Å². The van der Waals surface area contributed by atoms with Gasteiger partial charge in [0.1, 0.15) is 0 Å². The first kappa shape index (κ1) is 13.8. The highest BCUT2D eigenvalue weighted by Crippen LogP contribution is 2.31. The molecule has 2 heterocycles. The van der Waals surface area contributed by atoms with E-state index in [-0.39, 0.29) is 0 Å². The van der Waals surface area contributed by atoms with Crippen LogP contribution in [-0.4, -0.2) is 15.0 Å². The molecule has 4 rings (SSSR count). The molecule has 2 aromatic carbocycles. The normalized spacial score (nSPS) is 11.2. The molecule has 0 aliphatic rings. The van der Waals surface area contributed by atoms with Crippen LogP contribution in [0.1, 0.15) is 18.1 Å². The maximum atomic E-state index is 4.53. The first-order valence-electron chi connectivity index (χ1n) is 7.97. The Balaban J connectivity index is 1.81. The minimum absolute atomic E-state index is 0.982. The van der Waals surface area contributed by atoms with Gasteiger partial charge in [0.2, 0.25) is 0 Å². The molecule has 3 nitrogen and oxygen atoms in total. The Bertz CT molecular complexity index is 958. The lowest BCUT2D eigenvalue weighted by Crippen LogP contribution is -1.85. The zero-order valence-electron chi connectivity index (χ0n) is 13.4. The quantitative estimate of drug-likeness (QED) is 0.543. The third-order valence-electron chi connectivity index (χ3n) is 4.32. The van der Waals surface area contributed by atoms with E-state index in [1.807, 2.05) is 0 Å². The van der Waals surface area contributed by atoms with E-state index < -0.39 is 0 Å². The summed E-state index contributed by atoms with van der Waals surface area (Å²) >= 11 is 0. The highest BCUT2D eigenvalue weighted by Gasteiger charge is 2.12. The van der Waals surface area contributed by atoms with Crippen LogP contribution in [0.4, 0.5) is 0 Å². The van der Waals surface area contributed by atoms with Gasteiger partial charge >= 0.3 is 0 Å². The second-order valence-electron chi connectivity index (χ2n) is 5.95. The fraction of sp³-hybridized carbons (Fsp3) is 0.150. The van der Waals surface area contributed by atoms with Gasteiger partial charge in [-0.05, 0) is 36.6 Å². The molecule has 2 aromatic heterocycles. The number of aromatic nitrogens is 3. The molecule has 0 aliphatic heterocycles. The van der Waals surface area contributed by atoms with Crippen molar-refractivity contribution in [3.8, 4) is 22.6 Å². The lowest BCUT2D eigenvalue weighted by molar-refractivity contribution is 1.14. The molecule has 0 aliphatic carbocycles. The Morgan fingerprint density at radius 1 is 1.00 bits per heavy atom. The summed E-state index contributed by atoms with van der Waals surface area (Å²) in [5.41, 5.74) is 7.96. The first-order valence-corrected chi connectivity index (χ1v) is 7.97. The maximum Gasteiger partial charge on any atom is 0.0976 e. The first-order chi connectivity index (χ1) is 11.2. The van der Waals surface area contributed by atoms with Gasteiger partial charge in [0.25, 0.3) is 0 Å². The number of nitrogens with one attached hydrogen (secondary N) is 2. The average molecular weight is 301 g/mol. The van der Waals surface area contributed by atoms with E-state index >= 15 is 0 Å². The van der Waals surface area contributed by atoms with E-state index in [9.17, 15) is 0 Å².